The summed E-state index contributed by atoms with van der Waals surface area (Å²) in [6, 6.07) is 1.47. The topological polar surface area (TPSA) is 56.3 Å². The molecule has 0 fully saturated rings. The molecule has 1 heterocycles. The van der Waals surface area contributed by atoms with Gasteiger partial charge in [-0.3, -0.25) is 4.79 Å². The van der Waals surface area contributed by atoms with E-state index in [1.807, 2.05) is 0 Å². The summed E-state index contributed by atoms with van der Waals surface area (Å²) in [7, 11) is 0. The van der Waals surface area contributed by atoms with E-state index in [0.717, 1.165) is 0 Å². The third-order valence-corrected chi connectivity index (χ3v) is 2.98. The summed E-state index contributed by atoms with van der Waals surface area (Å²) in [6.45, 7) is 3.26. The molecule has 0 spiro atoms. The molecule has 0 aliphatic heterocycles. The normalized spacial score (nSPS) is 10.0. The molecule has 0 N–H and O–H groups in total. The number of carbonyl (C=O) groups excluding carboxylic acids is 2. The highest BCUT2D eigenvalue weighted by Crippen LogP contribution is 2.26. The number of Topliss-reactive ketones (excluding diaryl/α,β-unsaturated/α-hetero) is 1. The fraction of sp³-hybridized carbons (Fsp3) is 0.300. The van der Waals surface area contributed by atoms with Crippen LogP contribution in [-0.4, -0.2) is 23.3 Å². The van der Waals surface area contributed by atoms with Gasteiger partial charge in [0.15, 0.2) is 11.5 Å². The van der Waals surface area contributed by atoms with Gasteiger partial charge in [-0.15, -0.1) is 0 Å². The molecule has 1 rings (SSSR count). The molecule has 0 atom stereocenters. The van der Waals surface area contributed by atoms with Gasteiger partial charge in [-0.05, 0) is 28.9 Å². The van der Waals surface area contributed by atoms with Crippen LogP contribution in [0, 0.1) is 0 Å². The number of halogens is 2. The minimum absolute atomic E-state index is 0.0527. The van der Waals surface area contributed by atoms with Crippen LogP contribution in [0.5, 0.6) is 0 Å². The minimum atomic E-state index is -0.642. The molecule has 1 aromatic rings. The molecule has 1 aromatic heterocycles. The molecular weight excluding hydrogens is 297 g/mol. The Bertz CT molecular complexity index is 448. The molecule has 0 bridgehead atoms. The maximum atomic E-state index is 11.5. The summed E-state index contributed by atoms with van der Waals surface area (Å²) in [5.41, 5.74) is 0.113. The van der Waals surface area contributed by atoms with Gasteiger partial charge < -0.3 is 4.74 Å². The third-order valence-electron chi connectivity index (χ3n) is 1.74. The minimum Gasteiger partial charge on any atom is -0.461 e. The first kappa shape index (κ1) is 13.1. The number of rotatable bonds is 3. The van der Waals surface area contributed by atoms with E-state index in [9.17, 15) is 9.59 Å². The predicted octanol–water partition coefficient (Wildman–Crippen LogP) is 2.88. The lowest BCUT2D eigenvalue weighted by atomic mass is 10.2. The van der Waals surface area contributed by atoms with Crippen LogP contribution in [0.1, 0.15) is 34.8 Å². The molecule has 0 saturated carbocycles. The number of carbonyl (C=O) groups is 2. The number of hydrogen-bond donors (Lipinski definition) is 0. The Labute approximate surface area is 106 Å². The van der Waals surface area contributed by atoms with E-state index in [4.69, 9.17) is 16.3 Å². The molecule has 86 valence electrons. The van der Waals surface area contributed by atoms with Gasteiger partial charge in [0.05, 0.1) is 11.6 Å². The molecule has 0 amide bonds. The van der Waals surface area contributed by atoms with Crippen LogP contribution in [0.3, 0.4) is 0 Å². The summed E-state index contributed by atoms with van der Waals surface area (Å²) in [5, 5.41) is 0.142. The lowest BCUT2D eigenvalue weighted by molar-refractivity contribution is 0.0519. The van der Waals surface area contributed by atoms with Crippen LogP contribution in [0.4, 0.5) is 0 Å². The van der Waals surface area contributed by atoms with Gasteiger partial charge in [0, 0.05) is 11.4 Å². The summed E-state index contributed by atoms with van der Waals surface area (Å²) in [4.78, 5) is 26.5. The molecule has 0 aromatic carbocycles. The van der Waals surface area contributed by atoms with Crippen molar-refractivity contribution in [3.05, 3.63) is 26.9 Å². The maximum absolute atomic E-state index is 11.5. The van der Waals surface area contributed by atoms with E-state index in [0.29, 0.717) is 4.47 Å². The Morgan fingerprint density at radius 3 is 2.69 bits per heavy atom. The fourth-order valence-electron chi connectivity index (χ4n) is 1.01. The highest BCUT2D eigenvalue weighted by Gasteiger charge is 2.18. The van der Waals surface area contributed by atoms with Gasteiger partial charge in [-0.2, -0.15) is 0 Å². The number of nitrogens with zero attached hydrogens (tertiary/aromatic N) is 1. The number of ketones is 1. The van der Waals surface area contributed by atoms with Crippen molar-refractivity contribution in [1.82, 2.24) is 4.98 Å². The zero-order valence-electron chi connectivity index (χ0n) is 8.71. The predicted molar refractivity (Wildman–Crippen MR) is 62.9 cm³/mol. The first-order chi connectivity index (χ1) is 7.47. The molecular formula is C10H9BrClNO3. The Morgan fingerprint density at radius 1 is 1.56 bits per heavy atom. The van der Waals surface area contributed by atoms with Crippen LogP contribution in [0.25, 0.3) is 0 Å². The quantitative estimate of drug-likeness (QED) is 0.636. The molecule has 0 aliphatic rings. The van der Waals surface area contributed by atoms with Crippen LogP contribution >= 0.6 is 27.5 Å². The van der Waals surface area contributed by atoms with Crippen molar-refractivity contribution in [3.8, 4) is 0 Å². The van der Waals surface area contributed by atoms with E-state index in [-0.39, 0.29) is 28.8 Å². The summed E-state index contributed by atoms with van der Waals surface area (Å²) >= 11 is 9.03. The largest absolute Gasteiger partial charge is 0.461 e. The Hall–Kier alpha value is -0.940. The third kappa shape index (κ3) is 2.80. The molecule has 4 nitrogen and oxygen atoms in total. The smallest absolute Gasteiger partial charge is 0.358 e. The van der Waals surface area contributed by atoms with Crippen molar-refractivity contribution in [2.45, 2.75) is 13.8 Å². The molecule has 0 aliphatic carbocycles. The fourth-order valence-corrected chi connectivity index (χ4v) is 1.59. The van der Waals surface area contributed by atoms with Crippen molar-refractivity contribution in [1.29, 1.82) is 0 Å². The van der Waals surface area contributed by atoms with Crippen molar-refractivity contribution < 1.29 is 14.3 Å². The molecule has 0 radical (unpaired) electrons. The lowest BCUT2D eigenvalue weighted by Crippen LogP contribution is -2.11. The van der Waals surface area contributed by atoms with Crippen molar-refractivity contribution >= 4 is 39.3 Å². The zero-order chi connectivity index (χ0) is 12.3. The Balaban J connectivity index is 3.26. The standard InChI is InChI=1S/C10H9BrClNO3/c1-3-16-10(15)9-8(12)6(11)4-7(13-9)5(2)14/h4H,3H2,1-2H3. The lowest BCUT2D eigenvalue weighted by Gasteiger charge is -2.06. The van der Waals surface area contributed by atoms with Crippen molar-refractivity contribution in [3.63, 3.8) is 0 Å². The Morgan fingerprint density at radius 2 is 2.19 bits per heavy atom. The maximum Gasteiger partial charge on any atom is 0.358 e. The van der Waals surface area contributed by atoms with Gasteiger partial charge in [0.2, 0.25) is 0 Å². The first-order valence-electron chi connectivity index (χ1n) is 4.51. The summed E-state index contributed by atoms with van der Waals surface area (Å²) < 4.78 is 5.22. The number of ether oxygens (including phenoxy) is 1. The second kappa shape index (κ2) is 5.41. The Kier molecular flexibility index (Phi) is 4.44. The number of aromatic nitrogens is 1. The summed E-state index contributed by atoms with van der Waals surface area (Å²) in [5.74, 6) is -0.890. The van der Waals surface area contributed by atoms with E-state index < -0.39 is 5.97 Å². The van der Waals surface area contributed by atoms with E-state index in [2.05, 4.69) is 20.9 Å². The average Bonchev–Trinajstić information content (AvgIpc) is 2.21. The van der Waals surface area contributed by atoms with E-state index in [1.165, 1.54) is 13.0 Å². The van der Waals surface area contributed by atoms with Crippen LogP contribution in [0.15, 0.2) is 10.5 Å². The van der Waals surface area contributed by atoms with Gasteiger partial charge in [0.25, 0.3) is 0 Å². The first-order valence-corrected chi connectivity index (χ1v) is 5.68. The molecule has 0 saturated heterocycles. The molecule has 6 heteroatoms. The number of hydrogen-bond acceptors (Lipinski definition) is 4. The van der Waals surface area contributed by atoms with Crippen LogP contribution < -0.4 is 0 Å². The monoisotopic (exact) mass is 305 g/mol. The molecule has 0 unspecified atom stereocenters. The van der Waals surface area contributed by atoms with Crippen molar-refractivity contribution in [2.75, 3.05) is 6.61 Å². The average molecular weight is 307 g/mol. The van der Waals surface area contributed by atoms with Gasteiger partial charge >= 0.3 is 5.97 Å². The van der Waals surface area contributed by atoms with Gasteiger partial charge in [-0.1, -0.05) is 11.6 Å². The van der Waals surface area contributed by atoms with Gasteiger partial charge in [-0.25, -0.2) is 9.78 Å². The second-order valence-corrected chi connectivity index (χ2v) is 4.16. The highest BCUT2D eigenvalue weighted by atomic mass is 79.9. The summed E-state index contributed by atoms with van der Waals surface area (Å²) in [6.07, 6.45) is 0. The van der Waals surface area contributed by atoms with E-state index >= 15 is 0 Å². The second-order valence-electron chi connectivity index (χ2n) is 2.93. The van der Waals surface area contributed by atoms with E-state index in [1.54, 1.807) is 6.92 Å². The van der Waals surface area contributed by atoms with Crippen LogP contribution in [0.2, 0.25) is 5.02 Å². The number of pyridine rings is 1. The highest BCUT2D eigenvalue weighted by molar-refractivity contribution is 9.10. The SMILES string of the molecule is CCOC(=O)c1nc(C(C)=O)cc(Br)c1Cl. The van der Waals surface area contributed by atoms with Crippen LogP contribution in [-0.2, 0) is 4.74 Å². The van der Waals surface area contributed by atoms with Gasteiger partial charge in [0.1, 0.15) is 5.69 Å². The molecule has 16 heavy (non-hydrogen) atoms. The zero-order valence-corrected chi connectivity index (χ0v) is 11.1. The van der Waals surface area contributed by atoms with Crippen molar-refractivity contribution in [2.24, 2.45) is 0 Å². The number of esters is 1.